The Balaban J connectivity index is 2.23. The van der Waals surface area contributed by atoms with E-state index < -0.39 is 9.84 Å². The number of nitrogens with one attached hydrogen (secondary N) is 2. The van der Waals surface area contributed by atoms with E-state index in [0.717, 1.165) is 24.8 Å². The summed E-state index contributed by atoms with van der Waals surface area (Å²) in [5.74, 6) is 7.89. The van der Waals surface area contributed by atoms with Gasteiger partial charge in [0, 0.05) is 18.0 Å². The lowest BCUT2D eigenvalue weighted by Crippen LogP contribution is -2.35. The molecule has 4 N–H and O–H groups in total. The van der Waals surface area contributed by atoms with Crippen molar-refractivity contribution in [2.45, 2.75) is 45.6 Å². The maximum Gasteiger partial charge on any atom is 0.152 e. The molecule has 2 rings (SSSR count). The zero-order chi connectivity index (χ0) is 15.5. The van der Waals surface area contributed by atoms with E-state index in [-0.39, 0.29) is 17.5 Å². The summed E-state index contributed by atoms with van der Waals surface area (Å²) in [6.45, 7) is 3.92. The van der Waals surface area contributed by atoms with Crippen molar-refractivity contribution >= 4 is 21.5 Å². The van der Waals surface area contributed by atoms with Gasteiger partial charge >= 0.3 is 0 Å². The highest BCUT2D eigenvalue weighted by atomic mass is 32.2. The molecule has 1 saturated heterocycles. The van der Waals surface area contributed by atoms with Gasteiger partial charge in [0.05, 0.1) is 11.5 Å². The van der Waals surface area contributed by atoms with Crippen LogP contribution in [-0.4, -0.2) is 35.9 Å². The molecule has 0 radical (unpaired) electrons. The number of rotatable bonds is 5. The van der Waals surface area contributed by atoms with E-state index in [0.29, 0.717) is 23.9 Å². The lowest BCUT2D eigenvalue weighted by Gasteiger charge is -2.24. The van der Waals surface area contributed by atoms with Crippen molar-refractivity contribution < 1.29 is 8.42 Å². The van der Waals surface area contributed by atoms with E-state index in [2.05, 4.69) is 27.6 Å². The van der Waals surface area contributed by atoms with Gasteiger partial charge in [0.15, 0.2) is 9.84 Å². The van der Waals surface area contributed by atoms with Gasteiger partial charge in [-0.15, -0.1) is 0 Å². The number of hydrazine groups is 1. The smallest absolute Gasteiger partial charge is 0.152 e. The fraction of sp³-hybridized carbons (Fsp3) is 0.692. The van der Waals surface area contributed by atoms with E-state index >= 15 is 0 Å². The maximum absolute atomic E-state index is 11.7. The molecule has 1 aromatic heterocycles. The van der Waals surface area contributed by atoms with Crippen molar-refractivity contribution in [3.8, 4) is 0 Å². The molecule has 8 heteroatoms. The first-order valence-electron chi connectivity index (χ1n) is 7.26. The second kappa shape index (κ2) is 6.57. The molecular weight excluding hydrogens is 290 g/mol. The number of anilines is 2. The number of nitrogens with zero attached hydrogens (tertiary/aromatic N) is 2. The second-order valence-corrected chi connectivity index (χ2v) is 7.68. The summed E-state index contributed by atoms with van der Waals surface area (Å²) in [5, 5.41) is 3.25. The first kappa shape index (κ1) is 16.0. The van der Waals surface area contributed by atoms with Gasteiger partial charge in [-0.25, -0.2) is 24.2 Å². The topological polar surface area (TPSA) is 110 Å². The Labute approximate surface area is 125 Å². The highest BCUT2D eigenvalue weighted by Crippen LogP contribution is 2.23. The minimum atomic E-state index is -2.95. The summed E-state index contributed by atoms with van der Waals surface area (Å²) in [6, 6.07) is -0.0996. The van der Waals surface area contributed by atoms with Crippen LogP contribution in [0.25, 0.3) is 0 Å². The van der Waals surface area contributed by atoms with Gasteiger partial charge in [0.1, 0.15) is 17.5 Å². The van der Waals surface area contributed by atoms with Gasteiger partial charge in [0.25, 0.3) is 0 Å². The minimum absolute atomic E-state index is 0.0996. The summed E-state index contributed by atoms with van der Waals surface area (Å²) in [5.41, 5.74) is 3.38. The Morgan fingerprint density at radius 1 is 1.33 bits per heavy atom. The average Bonchev–Trinajstić information content (AvgIpc) is 2.41. The summed E-state index contributed by atoms with van der Waals surface area (Å²) in [7, 11) is -2.95. The Morgan fingerprint density at radius 3 is 2.67 bits per heavy atom. The fourth-order valence-corrected chi connectivity index (χ4v) is 4.15. The standard InChI is InChI=1S/C13H23N5O2S/c1-3-5-11-16-12(9(2)13(17-11)18-14)15-10-6-4-7-21(19,20)8-10/h10H,3-8,14H2,1-2H3,(H2,15,16,17,18). The predicted octanol–water partition coefficient (Wildman–Crippen LogP) is 1.01. The Bertz CT molecular complexity index is 603. The van der Waals surface area contributed by atoms with Crippen LogP contribution in [-0.2, 0) is 16.3 Å². The Kier molecular flexibility index (Phi) is 5.00. The first-order valence-corrected chi connectivity index (χ1v) is 9.08. The van der Waals surface area contributed by atoms with E-state index in [4.69, 9.17) is 5.84 Å². The van der Waals surface area contributed by atoms with Crippen LogP contribution in [0.3, 0.4) is 0 Å². The van der Waals surface area contributed by atoms with Gasteiger partial charge in [0.2, 0.25) is 0 Å². The van der Waals surface area contributed by atoms with Crippen molar-refractivity contribution in [1.29, 1.82) is 0 Å². The quantitative estimate of drug-likeness (QED) is 0.549. The summed E-state index contributed by atoms with van der Waals surface area (Å²) < 4.78 is 23.4. The van der Waals surface area contributed by atoms with E-state index in [1.54, 1.807) is 0 Å². The van der Waals surface area contributed by atoms with Gasteiger partial charge in [-0.05, 0) is 26.2 Å². The lowest BCUT2D eigenvalue weighted by atomic mass is 10.1. The van der Waals surface area contributed by atoms with Gasteiger partial charge < -0.3 is 10.7 Å². The molecule has 7 nitrogen and oxygen atoms in total. The predicted molar refractivity (Wildman–Crippen MR) is 83.9 cm³/mol. The number of nitrogens with two attached hydrogens (primary N) is 1. The highest BCUT2D eigenvalue weighted by molar-refractivity contribution is 7.91. The molecule has 0 aliphatic carbocycles. The third-order valence-electron chi connectivity index (χ3n) is 3.61. The number of sulfone groups is 1. The van der Waals surface area contributed by atoms with Crippen molar-refractivity contribution in [2.75, 3.05) is 22.2 Å². The van der Waals surface area contributed by atoms with E-state index in [1.807, 2.05) is 6.92 Å². The monoisotopic (exact) mass is 313 g/mol. The van der Waals surface area contributed by atoms with Crippen LogP contribution in [0.2, 0.25) is 0 Å². The van der Waals surface area contributed by atoms with Crippen LogP contribution in [0.1, 0.15) is 37.6 Å². The molecule has 0 amide bonds. The molecule has 1 aromatic rings. The number of aromatic nitrogens is 2. The number of aryl methyl sites for hydroxylation is 1. The summed E-state index contributed by atoms with van der Waals surface area (Å²) >= 11 is 0. The summed E-state index contributed by atoms with van der Waals surface area (Å²) in [6.07, 6.45) is 3.21. The first-order chi connectivity index (χ1) is 9.95. The van der Waals surface area contributed by atoms with E-state index in [1.165, 1.54) is 0 Å². The fourth-order valence-electron chi connectivity index (χ4n) is 2.51. The Hall–Kier alpha value is -1.41. The molecule has 118 valence electrons. The van der Waals surface area contributed by atoms with Gasteiger partial charge in [-0.2, -0.15) is 0 Å². The highest BCUT2D eigenvalue weighted by Gasteiger charge is 2.25. The summed E-state index contributed by atoms with van der Waals surface area (Å²) in [4.78, 5) is 8.86. The maximum atomic E-state index is 11.7. The number of nitrogen functional groups attached to an aromatic ring is 1. The zero-order valence-corrected chi connectivity index (χ0v) is 13.3. The molecule has 0 spiro atoms. The van der Waals surface area contributed by atoms with Crippen molar-refractivity contribution in [3.63, 3.8) is 0 Å². The minimum Gasteiger partial charge on any atom is -0.366 e. The SMILES string of the molecule is CCCc1nc(NN)c(C)c(NC2CCCS(=O)(=O)C2)n1. The van der Waals surface area contributed by atoms with Crippen LogP contribution in [0.5, 0.6) is 0 Å². The molecular formula is C13H23N5O2S. The molecule has 0 aromatic carbocycles. The largest absolute Gasteiger partial charge is 0.366 e. The Morgan fingerprint density at radius 2 is 2.05 bits per heavy atom. The van der Waals surface area contributed by atoms with Crippen LogP contribution in [0.4, 0.5) is 11.6 Å². The molecule has 1 aliphatic rings. The number of hydrogen-bond acceptors (Lipinski definition) is 7. The van der Waals surface area contributed by atoms with Crippen molar-refractivity contribution in [2.24, 2.45) is 5.84 Å². The normalized spacial score (nSPS) is 21.0. The average molecular weight is 313 g/mol. The molecule has 1 unspecified atom stereocenters. The molecule has 0 saturated carbocycles. The van der Waals surface area contributed by atoms with Gasteiger partial charge in [-0.3, -0.25) is 0 Å². The third kappa shape index (κ3) is 4.04. The zero-order valence-electron chi connectivity index (χ0n) is 12.5. The van der Waals surface area contributed by atoms with Crippen LogP contribution >= 0.6 is 0 Å². The van der Waals surface area contributed by atoms with E-state index in [9.17, 15) is 8.42 Å². The second-order valence-electron chi connectivity index (χ2n) is 5.45. The molecule has 0 bridgehead atoms. The molecule has 1 atom stereocenters. The van der Waals surface area contributed by atoms with Gasteiger partial charge in [-0.1, -0.05) is 6.92 Å². The number of hydrogen-bond donors (Lipinski definition) is 3. The molecule has 1 fully saturated rings. The third-order valence-corrected chi connectivity index (χ3v) is 5.43. The molecule has 1 aliphatic heterocycles. The van der Waals surface area contributed by atoms with Crippen LogP contribution in [0.15, 0.2) is 0 Å². The van der Waals surface area contributed by atoms with Crippen LogP contribution < -0.4 is 16.6 Å². The lowest BCUT2D eigenvalue weighted by molar-refractivity contribution is 0.561. The van der Waals surface area contributed by atoms with Crippen molar-refractivity contribution in [1.82, 2.24) is 9.97 Å². The molecule has 2 heterocycles. The van der Waals surface area contributed by atoms with Crippen molar-refractivity contribution in [3.05, 3.63) is 11.4 Å². The molecule has 21 heavy (non-hydrogen) atoms. The van der Waals surface area contributed by atoms with Crippen LogP contribution in [0, 0.1) is 6.92 Å².